The summed E-state index contributed by atoms with van der Waals surface area (Å²) in [5.74, 6) is 2.77. The first-order chi connectivity index (χ1) is 29.1. The minimum Gasteiger partial charge on any atom is -0.296 e. The smallest absolute Gasteiger partial charge is 0.165 e. The van der Waals surface area contributed by atoms with Gasteiger partial charge in [0.1, 0.15) is 5.82 Å². The number of fused-ring (bicyclic) bond motifs is 2. The van der Waals surface area contributed by atoms with E-state index in [1.165, 1.54) is 0 Å². The average molecular weight is 757 g/mol. The van der Waals surface area contributed by atoms with Crippen molar-refractivity contribution in [3.63, 3.8) is 0 Å². The lowest BCUT2D eigenvalue weighted by atomic mass is 9.91. The molecule has 0 aliphatic rings. The summed E-state index contributed by atoms with van der Waals surface area (Å²) in [4.78, 5) is 20.5. The van der Waals surface area contributed by atoms with Crippen LogP contribution in [-0.2, 0) is 6.42 Å². The van der Waals surface area contributed by atoms with Gasteiger partial charge in [-0.1, -0.05) is 146 Å². The molecule has 0 amide bonds. The molecule has 10 rings (SSSR count). The van der Waals surface area contributed by atoms with Crippen LogP contribution < -0.4 is 0 Å². The minimum atomic E-state index is 0.565. The van der Waals surface area contributed by atoms with Gasteiger partial charge in [0.15, 0.2) is 17.5 Å². The van der Waals surface area contributed by atoms with Gasteiger partial charge in [-0.15, -0.1) is 0 Å². The summed E-state index contributed by atoms with van der Waals surface area (Å²) in [5, 5.41) is 11.7. The van der Waals surface area contributed by atoms with Crippen molar-refractivity contribution < 1.29 is 0 Å². The van der Waals surface area contributed by atoms with Gasteiger partial charge in [0.25, 0.3) is 0 Å². The first kappa shape index (κ1) is 35.4. The largest absolute Gasteiger partial charge is 0.296 e. The number of nitrogens with zero attached hydrogens (tertiary/aromatic N) is 6. The molecule has 0 saturated heterocycles. The number of aryl methyl sites for hydroxylation is 1. The fourth-order valence-electron chi connectivity index (χ4n) is 7.98. The molecule has 0 N–H and O–H groups in total. The fourth-order valence-corrected chi connectivity index (χ4v) is 7.98. The molecule has 10 aromatic rings. The summed E-state index contributed by atoms with van der Waals surface area (Å²) in [6, 6.07) is 66.7. The molecule has 0 bridgehead atoms. The van der Waals surface area contributed by atoms with E-state index in [9.17, 15) is 5.26 Å². The summed E-state index contributed by atoms with van der Waals surface area (Å²) < 4.78 is 2.27. The molecule has 0 aliphatic heterocycles. The fraction of sp³-hybridized carbons (Fsp3) is 0.0377. The van der Waals surface area contributed by atoms with Gasteiger partial charge in [-0.3, -0.25) is 4.57 Å². The standard InChI is InChI=1S/C53H36N6/c1-2-49-55-47-26-8-9-27-48(47)59(49)44-24-13-21-41(33-44)39-19-11-22-42(31-39)46-29-28-36-15-6-7-25-45(36)50(46)53-57-51(37-16-4-3-5-17-37)56-52(58-53)43-23-12-20-40(32-43)38-18-10-14-35(30-38)34-54/h3-33H,2H2,1H3. The molecular formula is C53H36N6. The Morgan fingerprint density at radius 2 is 1.07 bits per heavy atom. The van der Waals surface area contributed by atoms with Crippen LogP contribution in [0.3, 0.4) is 0 Å². The summed E-state index contributed by atoms with van der Waals surface area (Å²) in [6.45, 7) is 2.15. The highest BCUT2D eigenvalue weighted by Gasteiger charge is 2.20. The molecule has 2 heterocycles. The Labute approximate surface area is 342 Å². The summed E-state index contributed by atoms with van der Waals surface area (Å²) in [6.07, 6.45) is 0.825. The van der Waals surface area contributed by atoms with Crippen molar-refractivity contribution in [1.82, 2.24) is 24.5 Å². The van der Waals surface area contributed by atoms with Crippen molar-refractivity contribution in [1.29, 1.82) is 5.26 Å². The summed E-state index contributed by atoms with van der Waals surface area (Å²) >= 11 is 0. The Balaban J connectivity index is 1.14. The molecule has 0 aliphatic carbocycles. The lowest BCUT2D eigenvalue weighted by molar-refractivity contribution is 0.908. The maximum atomic E-state index is 9.59. The van der Waals surface area contributed by atoms with Gasteiger partial charge in [-0.2, -0.15) is 5.26 Å². The van der Waals surface area contributed by atoms with E-state index in [0.29, 0.717) is 23.0 Å². The van der Waals surface area contributed by atoms with E-state index in [0.717, 1.165) is 89.8 Å². The zero-order valence-corrected chi connectivity index (χ0v) is 32.3. The van der Waals surface area contributed by atoms with Crippen molar-refractivity contribution in [3.05, 3.63) is 199 Å². The lowest BCUT2D eigenvalue weighted by Gasteiger charge is -2.16. The Morgan fingerprint density at radius 3 is 1.86 bits per heavy atom. The molecule has 278 valence electrons. The van der Waals surface area contributed by atoms with Gasteiger partial charge < -0.3 is 0 Å². The first-order valence-corrected chi connectivity index (χ1v) is 19.8. The Kier molecular flexibility index (Phi) is 9.09. The van der Waals surface area contributed by atoms with Gasteiger partial charge in [0, 0.05) is 28.8 Å². The van der Waals surface area contributed by atoms with Crippen molar-refractivity contribution in [3.8, 4) is 79.3 Å². The molecule has 0 radical (unpaired) electrons. The zero-order chi connectivity index (χ0) is 39.7. The number of rotatable bonds is 8. The van der Waals surface area contributed by atoms with Crippen LogP contribution in [-0.4, -0.2) is 24.5 Å². The SMILES string of the molecule is CCc1nc2ccccc2n1-c1cccc(-c2cccc(-c3ccc4ccccc4c3-c3nc(-c4ccccc4)nc(-c4cccc(-c5cccc(C#N)c5)c4)n3)c2)c1. The third-order valence-corrected chi connectivity index (χ3v) is 10.8. The molecule has 0 atom stereocenters. The van der Waals surface area contributed by atoms with Crippen LogP contribution in [0.15, 0.2) is 188 Å². The second-order valence-corrected chi connectivity index (χ2v) is 14.5. The van der Waals surface area contributed by atoms with Gasteiger partial charge in [0.05, 0.1) is 22.7 Å². The van der Waals surface area contributed by atoms with Crippen molar-refractivity contribution >= 4 is 21.8 Å². The zero-order valence-electron chi connectivity index (χ0n) is 32.3. The van der Waals surface area contributed by atoms with E-state index in [1.807, 2.05) is 78.9 Å². The van der Waals surface area contributed by atoms with Crippen molar-refractivity contribution in [2.75, 3.05) is 0 Å². The Hall–Kier alpha value is -8.01. The third-order valence-electron chi connectivity index (χ3n) is 10.8. The number of aromatic nitrogens is 5. The monoisotopic (exact) mass is 756 g/mol. The van der Waals surface area contributed by atoms with E-state index < -0.39 is 0 Å². The normalized spacial score (nSPS) is 11.2. The van der Waals surface area contributed by atoms with Crippen LogP contribution in [0.4, 0.5) is 0 Å². The Bertz CT molecular complexity index is 3230. The maximum Gasteiger partial charge on any atom is 0.165 e. The van der Waals surface area contributed by atoms with E-state index >= 15 is 0 Å². The van der Waals surface area contributed by atoms with E-state index in [1.54, 1.807) is 0 Å². The molecule has 8 aromatic carbocycles. The van der Waals surface area contributed by atoms with Crippen molar-refractivity contribution in [2.45, 2.75) is 13.3 Å². The number of hydrogen-bond donors (Lipinski definition) is 0. The van der Waals surface area contributed by atoms with Gasteiger partial charge in [-0.25, -0.2) is 19.9 Å². The number of nitriles is 1. The molecule has 0 fully saturated rings. The summed E-state index contributed by atoms with van der Waals surface area (Å²) in [7, 11) is 0. The second-order valence-electron chi connectivity index (χ2n) is 14.5. The molecule has 59 heavy (non-hydrogen) atoms. The summed E-state index contributed by atoms with van der Waals surface area (Å²) in [5.41, 5.74) is 12.7. The van der Waals surface area contributed by atoms with Crippen LogP contribution in [0.1, 0.15) is 18.3 Å². The van der Waals surface area contributed by atoms with Crippen LogP contribution in [0.5, 0.6) is 0 Å². The van der Waals surface area contributed by atoms with Gasteiger partial charge in [0.2, 0.25) is 0 Å². The highest BCUT2D eigenvalue weighted by molar-refractivity contribution is 6.03. The predicted octanol–water partition coefficient (Wildman–Crippen LogP) is 12.8. The Morgan fingerprint density at radius 1 is 0.475 bits per heavy atom. The number of benzene rings is 8. The van der Waals surface area contributed by atoms with E-state index in [4.69, 9.17) is 19.9 Å². The molecule has 6 heteroatoms. The molecule has 6 nitrogen and oxygen atoms in total. The highest BCUT2D eigenvalue weighted by atomic mass is 15.1. The highest BCUT2D eigenvalue weighted by Crippen LogP contribution is 2.40. The second kappa shape index (κ2) is 15.2. The van der Waals surface area contributed by atoms with Crippen LogP contribution >= 0.6 is 0 Å². The van der Waals surface area contributed by atoms with E-state index in [-0.39, 0.29) is 0 Å². The maximum absolute atomic E-state index is 9.59. The number of imidazole rings is 1. The third kappa shape index (κ3) is 6.71. The minimum absolute atomic E-state index is 0.565. The molecule has 0 spiro atoms. The lowest BCUT2D eigenvalue weighted by Crippen LogP contribution is -2.02. The van der Waals surface area contributed by atoms with Crippen LogP contribution in [0, 0.1) is 11.3 Å². The van der Waals surface area contributed by atoms with E-state index in [2.05, 4.69) is 127 Å². The number of para-hydroxylation sites is 2. The van der Waals surface area contributed by atoms with Crippen LogP contribution in [0.2, 0.25) is 0 Å². The quantitative estimate of drug-likeness (QED) is 0.154. The average Bonchev–Trinajstić information content (AvgIpc) is 3.70. The molecule has 0 saturated carbocycles. The van der Waals surface area contributed by atoms with Crippen LogP contribution in [0.25, 0.3) is 95.0 Å². The van der Waals surface area contributed by atoms with Gasteiger partial charge >= 0.3 is 0 Å². The topological polar surface area (TPSA) is 80.3 Å². The molecular weight excluding hydrogens is 721 g/mol. The molecule has 0 unspecified atom stereocenters. The first-order valence-electron chi connectivity index (χ1n) is 19.8. The molecule has 2 aromatic heterocycles. The predicted molar refractivity (Wildman–Crippen MR) is 239 cm³/mol. The number of hydrogen-bond acceptors (Lipinski definition) is 5. The van der Waals surface area contributed by atoms with Crippen molar-refractivity contribution in [2.24, 2.45) is 0 Å². The van der Waals surface area contributed by atoms with Gasteiger partial charge in [-0.05, 0) is 92.7 Å².